The first-order chi connectivity index (χ1) is 15.1. The second kappa shape index (κ2) is 13.4. The van der Waals surface area contributed by atoms with E-state index in [1.165, 1.54) is 25.3 Å². The van der Waals surface area contributed by atoms with Crippen molar-refractivity contribution in [2.75, 3.05) is 20.3 Å². The van der Waals surface area contributed by atoms with Crippen molar-refractivity contribution < 1.29 is 49.6 Å². The molecule has 2 rings (SSSR count). The van der Waals surface area contributed by atoms with Gasteiger partial charge in [-0.05, 0) is 36.8 Å². The van der Waals surface area contributed by atoms with Crippen LogP contribution < -0.4 is 4.74 Å². The molecule has 0 saturated carbocycles. The van der Waals surface area contributed by atoms with E-state index in [0.717, 1.165) is 6.08 Å². The molecule has 1 aliphatic rings. The highest BCUT2D eigenvalue weighted by molar-refractivity contribution is 5.85. The third-order valence-corrected chi connectivity index (χ3v) is 4.30. The molecule has 0 radical (unpaired) electrons. The zero-order valence-electron chi connectivity index (χ0n) is 17.5. The fourth-order valence-corrected chi connectivity index (χ4v) is 2.48. The lowest BCUT2D eigenvalue weighted by Gasteiger charge is -2.39. The number of aliphatic hydroxyl groups is 4. The smallest absolute Gasteiger partial charge is 0.328 e. The van der Waals surface area contributed by atoms with Crippen molar-refractivity contribution in [3.05, 3.63) is 41.5 Å². The monoisotopic (exact) mass is 453 g/mol. The molecule has 5 unspecified atom stereocenters. The Morgan fingerprint density at radius 2 is 1.94 bits per heavy atom. The molecule has 1 aliphatic heterocycles. The topological polar surface area (TPSA) is 190 Å². The fraction of sp³-hybridized carbons (Fsp3) is 0.429. The number of nitrogens with zero attached hydrogens (tertiary/aromatic N) is 1. The Labute approximate surface area is 184 Å². The van der Waals surface area contributed by atoms with Gasteiger partial charge >= 0.3 is 5.97 Å². The largest absolute Gasteiger partial charge is 0.504 e. The quantitative estimate of drug-likeness (QED) is 0.236. The molecular formula is C21H27NO10. The van der Waals surface area contributed by atoms with Gasteiger partial charge in [-0.2, -0.15) is 5.26 Å². The molecule has 1 aromatic carbocycles. The lowest BCUT2D eigenvalue weighted by Crippen LogP contribution is -2.59. The highest BCUT2D eigenvalue weighted by Crippen LogP contribution is 2.26. The van der Waals surface area contributed by atoms with E-state index in [1.54, 1.807) is 19.1 Å². The fourth-order valence-electron chi connectivity index (χ4n) is 2.48. The van der Waals surface area contributed by atoms with Gasteiger partial charge in [0.05, 0.1) is 26.4 Å². The van der Waals surface area contributed by atoms with Crippen molar-refractivity contribution in [3.8, 4) is 17.6 Å². The summed E-state index contributed by atoms with van der Waals surface area (Å²) >= 11 is 0. The third kappa shape index (κ3) is 8.27. The molecule has 6 N–H and O–H groups in total. The first-order valence-electron chi connectivity index (χ1n) is 9.41. The number of phenolic OH excluding ortho intramolecular Hbond substituents is 1. The number of hydrogen-bond acceptors (Lipinski definition) is 10. The minimum absolute atomic E-state index is 0.0160. The normalized spacial score (nSPS) is 25.5. The van der Waals surface area contributed by atoms with Crippen LogP contribution in [-0.2, 0) is 14.3 Å². The van der Waals surface area contributed by atoms with Crippen LogP contribution in [0.15, 0.2) is 35.9 Å². The molecule has 176 valence electrons. The number of carbonyl (C=O) groups is 1. The van der Waals surface area contributed by atoms with E-state index >= 15 is 0 Å². The Kier molecular flexibility index (Phi) is 11.4. The number of aliphatic hydroxyl groups excluding tert-OH is 4. The number of rotatable bonds is 7. The molecular weight excluding hydrogens is 426 g/mol. The lowest BCUT2D eigenvalue weighted by atomic mass is 9.99. The summed E-state index contributed by atoms with van der Waals surface area (Å²) in [6, 6.07) is 6.49. The summed E-state index contributed by atoms with van der Waals surface area (Å²) in [4.78, 5) is 10.2. The molecule has 1 heterocycles. The summed E-state index contributed by atoms with van der Waals surface area (Å²) in [5.41, 5.74) is 1.10. The van der Waals surface area contributed by atoms with E-state index in [2.05, 4.69) is 0 Å². The van der Waals surface area contributed by atoms with E-state index in [-0.39, 0.29) is 12.4 Å². The van der Waals surface area contributed by atoms with Crippen LogP contribution in [0, 0.1) is 11.3 Å². The number of benzene rings is 1. The number of allylic oxidation sites excluding steroid dienone is 1. The van der Waals surface area contributed by atoms with Crippen molar-refractivity contribution in [2.24, 2.45) is 0 Å². The predicted molar refractivity (Wildman–Crippen MR) is 110 cm³/mol. The molecule has 0 aromatic heterocycles. The molecule has 11 heteroatoms. The molecule has 1 aromatic rings. The zero-order valence-corrected chi connectivity index (χ0v) is 17.5. The van der Waals surface area contributed by atoms with Crippen LogP contribution in [0.5, 0.6) is 11.5 Å². The van der Waals surface area contributed by atoms with Gasteiger partial charge < -0.3 is 44.8 Å². The lowest BCUT2D eigenvalue weighted by molar-refractivity contribution is -0.298. The van der Waals surface area contributed by atoms with Crippen molar-refractivity contribution >= 4 is 12.0 Å². The molecule has 1 fully saturated rings. The van der Waals surface area contributed by atoms with E-state index in [1.807, 2.05) is 6.07 Å². The summed E-state index contributed by atoms with van der Waals surface area (Å²) in [5.74, 6) is -0.672. The van der Waals surface area contributed by atoms with Crippen LogP contribution in [0.4, 0.5) is 0 Å². The van der Waals surface area contributed by atoms with Gasteiger partial charge in [0.25, 0.3) is 0 Å². The maximum atomic E-state index is 10.2. The summed E-state index contributed by atoms with van der Waals surface area (Å²) in [7, 11) is 1.43. The van der Waals surface area contributed by atoms with E-state index < -0.39 is 43.3 Å². The second-order valence-electron chi connectivity index (χ2n) is 6.63. The van der Waals surface area contributed by atoms with Gasteiger partial charge in [0.2, 0.25) is 0 Å². The Morgan fingerprint density at radius 3 is 2.50 bits per heavy atom. The van der Waals surface area contributed by atoms with Crippen molar-refractivity contribution in [2.45, 2.75) is 37.6 Å². The number of methoxy groups -OCH3 is 1. The Balaban J connectivity index is 0.000000330. The number of phenols is 1. The number of ether oxygens (including phenoxy) is 3. The first kappa shape index (κ1) is 27.1. The molecule has 0 spiro atoms. The number of aromatic hydroxyl groups is 1. The maximum absolute atomic E-state index is 10.2. The summed E-state index contributed by atoms with van der Waals surface area (Å²) < 4.78 is 15.1. The van der Waals surface area contributed by atoms with Crippen molar-refractivity contribution in [1.29, 1.82) is 5.26 Å². The van der Waals surface area contributed by atoms with Gasteiger partial charge in [-0.25, -0.2) is 4.79 Å². The van der Waals surface area contributed by atoms with Crippen LogP contribution in [0.3, 0.4) is 0 Å². The Morgan fingerprint density at radius 1 is 1.25 bits per heavy atom. The molecule has 1 saturated heterocycles. The van der Waals surface area contributed by atoms with Crippen LogP contribution in [-0.4, -0.2) is 87.6 Å². The highest BCUT2D eigenvalue weighted by atomic mass is 16.7. The van der Waals surface area contributed by atoms with Crippen LogP contribution in [0.1, 0.15) is 12.5 Å². The predicted octanol–water partition coefficient (Wildman–Crippen LogP) is -0.229. The van der Waals surface area contributed by atoms with Gasteiger partial charge in [0.1, 0.15) is 24.4 Å². The van der Waals surface area contributed by atoms with Gasteiger partial charge in [0, 0.05) is 11.6 Å². The average molecular weight is 453 g/mol. The minimum atomic E-state index is -1.46. The van der Waals surface area contributed by atoms with Crippen LogP contribution >= 0.6 is 0 Å². The van der Waals surface area contributed by atoms with Gasteiger partial charge in [-0.15, -0.1) is 0 Å². The number of hydrogen-bond donors (Lipinski definition) is 6. The van der Waals surface area contributed by atoms with Crippen molar-refractivity contribution in [1.82, 2.24) is 0 Å². The molecule has 5 atom stereocenters. The van der Waals surface area contributed by atoms with Crippen LogP contribution in [0.25, 0.3) is 6.08 Å². The van der Waals surface area contributed by atoms with E-state index in [4.69, 9.17) is 29.7 Å². The van der Waals surface area contributed by atoms with Gasteiger partial charge in [-0.3, -0.25) is 0 Å². The number of carboxylic acids is 1. The minimum Gasteiger partial charge on any atom is -0.504 e. The molecule has 0 amide bonds. The van der Waals surface area contributed by atoms with Crippen molar-refractivity contribution in [3.63, 3.8) is 0 Å². The highest BCUT2D eigenvalue weighted by Gasteiger charge is 2.43. The van der Waals surface area contributed by atoms with Gasteiger partial charge in [0.15, 0.2) is 17.8 Å². The Bertz CT molecular complexity index is 845. The summed E-state index contributed by atoms with van der Waals surface area (Å²) in [6.07, 6.45) is -2.50. The summed E-state index contributed by atoms with van der Waals surface area (Å²) in [6.45, 7) is 1.11. The van der Waals surface area contributed by atoms with E-state index in [9.17, 15) is 25.2 Å². The SMILES string of the molecule is CC(C#N)=CCOC1OC(CO)C(O)C(O)C1O.COc1cc(C=CC(=O)O)ccc1O. The van der Waals surface area contributed by atoms with E-state index in [0.29, 0.717) is 16.9 Å². The third-order valence-electron chi connectivity index (χ3n) is 4.30. The zero-order chi connectivity index (χ0) is 24.3. The first-order valence-corrected chi connectivity index (χ1v) is 9.41. The number of nitriles is 1. The molecule has 0 bridgehead atoms. The maximum Gasteiger partial charge on any atom is 0.328 e. The van der Waals surface area contributed by atoms with Crippen LogP contribution in [0.2, 0.25) is 0 Å². The average Bonchev–Trinajstić information content (AvgIpc) is 2.78. The van der Waals surface area contributed by atoms with Gasteiger partial charge in [-0.1, -0.05) is 6.07 Å². The second-order valence-corrected chi connectivity index (χ2v) is 6.63. The number of aliphatic carboxylic acids is 1. The molecule has 11 nitrogen and oxygen atoms in total. The molecule has 32 heavy (non-hydrogen) atoms. The number of carboxylic acid groups (broad SMARTS) is 1. The standard InChI is InChI=1S/C11H17NO6.C10H10O4/c1-6(4-12)2-3-17-11-10(16)9(15)8(14)7(5-13)18-11;1-14-9-6-7(2-4-8(9)11)3-5-10(12)13/h2,7-11,13-16H,3,5H2,1H3;2-6,11H,1H3,(H,12,13). The molecule has 0 aliphatic carbocycles. The summed E-state index contributed by atoms with van der Waals surface area (Å²) in [5, 5.41) is 63.7. The Hall–Kier alpha value is -2.98.